The minimum Gasteiger partial charge on any atom is -0.483 e. The number of aliphatic hydroxyl groups is 1. The number of fused-ring (bicyclic) bond motifs is 4. The summed E-state index contributed by atoms with van der Waals surface area (Å²) >= 11 is 7.62. The number of hydrogen-bond acceptors (Lipinski definition) is 13. The van der Waals surface area contributed by atoms with Gasteiger partial charge in [0.25, 0.3) is 17.7 Å². The van der Waals surface area contributed by atoms with E-state index in [-0.39, 0.29) is 48.6 Å². The number of rotatable bonds is 13. The lowest BCUT2D eigenvalue weighted by atomic mass is 9.98. The number of carbonyl (C=O) groups excluding carboxylic acids is 6. The van der Waals surface area contributed by atoms with Crippen LogP contribution in [-0.2, 0) is 23.9 Å². The van der Waals surface area contributed by atoms with Gasteiger partial charge in [-0.05, 0) is 57.4 Å². The van der Waals surface area contributed by atoms with Gasteiger partial charge < -0.3 is 25.2 Å². The molecule has 17 nitrogen and oxygen atoms in total. The third-order valence-corrected chi connectivity index (χ3v) is 11.4. The molecule has 0 aliphatic carbocycles. The van der Waals surface area contributed by atoms with Crippen LogP contribution in [0.1, 0.15) is 98.3 Å². The third-order valence-electron chi connectivity index (χ3n) is 10.0. The Morgan fingerprint density at radius 1 is 1.03 bits per heavy atom. The molecule has 1 saturated heterocycles. The second kappa shape index (κ2) is 16.9. The number of nitrogens with zero attached hydrogens (tertiary/aromatic N) is 5. The molecule has 2 aromatic carbocycles. The first-order chi connectivity index (χ1) is 27.9. The summed E-state index contributed by atoms with van der Waals surface area (Å²) in [6, 6.07) is 9.87. The highest BCUT2D eigenvalue weighted by atomic mass is 35.5. The number of halogens is 1. The van der Waals surface area contributed by atoms with E-state index in [1.807, 2.05) is 23.6 Å². The number of ether oxygens (including phenoxy) is 2. The normalized spacial score (nSPS) is 18.4. The minimum atomic E-state index is -1.50. The number of hydrogen-bond donors (Lipinski definition) is 4. The molecule has 302 valence electrons. The smallest absolute Gasteiger partial charge is 0.308 e. The topological polar surface area (TPSA) is 224 Å². The Kier molecular flexibility index (Phi) is 11.7. The number of aliphatic imine (C=N–C) groups is 1. The first-order valence-electron chi connectivity index (χ1n) is 18.5. The number of imide groups is 1. The Labute approximate surface area is 340 Å². The van der Waals surface area contributed by atoms with E-state index < -0.39 is 54.5 Å². The van der Waals surface area contributed by atoms with Crippen molar-refractivity contribution in [3.63, 3.8) is 0 Å². The fraction of sp³-hybridized carbons (Fsp3) is 0.359. The molecule has 3 aliphatic rings. The molecule has 2 unspecified atom stereocenters. The van der Waals surface area contributed by atoms with E-state index in [1.165, 1.54) is 30.6 Å². The second-order valence-corrected chi connectivity index (χ2v) is 15.4. The summed E-state index contributed by atoms with van der Waals surface area (Å²) < 4.78 is 12.5. The van der Waals surface area contributed by atoms with Crippen LogP contribution in [0, 0.1) is 13.8 Å². The summed E-state index contributed by atoms with van der Waals surface area (Å²) in [5, 5.41) is 28.9. The minimum absolute atomic E-state index is 0.0309. The number of benzene rings is 2. The van der Waals surface area contributed by atoms with Crippen LogP contribution in [0.5, 0.6) is 5.75 Å². The number of aryl methyl sites for hydroxylation is 2. The molecular weight excluding hydrogens is 792 g/mol. The predicted molar refractivity (Wildman–Crippen MR) is 209 cm³/mol. The highest BCUT2D eigenvalue weighted by Gasteiger charge is 2.46. The van der Waals surface area contributed by atoms with Gasteiger partial charge >= 0.3 is 5.97 Å². The van der Waals surface area contributed by atoms with Gasteiger partial charge in [0.2, 0.25) is 11.8 Å². The molecule has 19 heteroatoms. The van der Waals surface area contributed by atoms with Crippen molar-refractivity contribution in [3.8, 4) is 10.8 Å². The number of unbranched alkanes of at least 4 members (excludes halogenated alkanes) is 1. The molecule has 3 atom stereocenters. The zero-order valence-corrected chi connectivity index (χ0v) is 33.2. The summed E-state index contributed by atoms with van der Waals surface area (Å²) in [7, 11) is 1.31. The van der Waals surface area contributed by atoms with E-state index >= 15 is 0 Å². The van der Waals surface area contributed by atoms with Crippen LogP contribution in [0.2, 0.25) is 5.02 Å². The molecule has 0 spiro atoms. The van der Waals surface area contributed by atoms with Crippen LogP contribution in [0.15, 0.2) is 47.5 Å². The Bertz CT molecular complexity index is 2360. The van der Waals surface area contributed by atoms with Crippen LogP contribution < -0.4 is 20.7 Å². The fourth-order valence-electron chi connectivity index (χ4n) is 7.24. The van der Waals surface area contributed by atoms with E-state index in [0.717, 1.165) is 9.78 Å². The zero-order chi connectivity index (χ0) is 41.2. The van der Waals surface area contributed by atoms with Crippen molar-refractivity contribution in [2.75, 3.05) is 26.8 Å². The first-order valence-corrected chi connectivity index (χ1v) is 19.7. The average Bonchev–Trinajstić information content (AvgIpc) is 3.80. The molecule has 0 saturated carbocycles. The van der Waals surface area contributed by atoms with Crippen molar-refractivity contribution < 1.29 is 43.3 Å². The number of methoxy groups -OCH3 is 1. The molecule has 4 N–H and O–H groups in total. The SMILES string of the molecule is COC(=O)C[C@@H]1N=C(c2ccc(Cl)cc2)c2c(sc(C)c2C(=O)NCCCCNC(=O)COc2cccc3c2C(O)N(C2CCC(=O)NC2=O)C3=O)-n2c(C)nnc21. The van der Waals surface area contributed by atoms with Crippen molar-refractivity contribution >= 4 is 64.2 Å². The number of esters is 1. The number of piperidine rings is 1. The first kappa shape index (κ1) is 40.2. The van der Waals surface area contributed by atoms with Crippen LogP contribution in [0.25, 0.3) is 5.00 Å². The van der Waals surface area contributed by atoms with Gasteiger partial charge in [-0.25, -0.2) is 0 Å². The van der Waals surface area contributed by atoms with E-state index in [9.17, 15) is 33.9 Å². The quantitative estimate of drug-likeness (QED) is 0.0871. The Morgan fingerprint density at radius 2 is 1.78 bits per heavy atom. The third kappa shape index (κ3) is 7.81. The molecule has 58 heavy (non-hydrogen) atoms. The maximum absolute atomic E-state index is 14.0. The van der Waals surface area contributed by atoms with Crippen LogP contribution in [-0.4, -0.2) is 98.8 Å². The molecule has 3 aliphatic heterocycles. The van der Waals surface area contributed by atoms with Crippen LogP contribution in [0.4, 0.5) is 0 Å². The highest BCUT2D eigenvalue weighted by molar-refractivity contribution is 7.15. The van der Waals surface area contributed by atoms with Gasteiger partial charge in [0, 0.05) is 40.5 Å². The monoisotopic (exact) mass is 830 g/mol. The van der Waals surface area contributed by atoms with Gasteiger partial charge in [-0.15, -0.1) is 21.5 Å². The number of aromatic nitrogens is 3. The number of amides is 5. The summed E-state index contributed by atoms with van der Waals surface area (Å²) in [5.74, 6) is -1.80. The van der Waals surface area contributed by atoms with Crippen molar-refractivity contribution in [3.05, 3.63) is 91.8 Å². The molecule has 2 aromatic heterocycles. The van der Waals surface area contributed by atoms with Gasteiger partial charge in [0.15, 0.2) is 18.7 Å². The number of thiophene rings is 1. The molecule has 5 amide bonds. The van der Waals surface area contributed by atoms with E-state index in [1.54, 1.807) is 25.1 Å². The van der Waals surface area contributed by atoms with Gasteiger partial charge in [-0.3, -0.25) is 48.5 Å². The van der Waals surface area contributed by atoms with E-state index in [4.69, 9.17) is 26.1 Å². The van der Waals surface area contributed by atoms with Gasteiger partial charge in [-0.1, -0.05) is 29.8 Å². The molecule has 1 fully saturated rings. The Hall–Kier alpha value is -5.98. The van der Waals surface area contributed by atoms with E-state index in [2.05, 4.69) is 26.1 Å². The average molecular weight is 831 g/mol. The standard InChI is InChI=1S/C39H39ClN8O9S/c1-19-30(32-33(21-9-11-22(40)12-10-21)43-24(17-29(51)56-3)34-46-45-20(2)47(34)39(32)58-19)36(53)42-16-5-4-15-41-28(50)18-57-26-8-6-7-23-31(26)38(55)48(37(23)54)25-13-14-27(49)44-35(25)52/h6-12,24-25,38,55H,4-5,13-18H2,1-3H3,(H,41,50)(H,42,53)(H,44,49,52)/t24-,25?,38?/m0/s1. The van der Waals surface area contributed by atoms with Crippen LogP contribution in [0.3, 0.4) is 0 Å². The molecule has 4 aromatic rings. The number of aliphatic hydroxyl groups excluding tert-OH is 1. The number of nitrogens with one attached hydrogen (secondary N) is 3. The predicted octanol–water partition coefficient (Wildman–Crippen LogP) is 3.01. The highest BCUT2D eigenvalue weighted by Crippen LogP contribution is 2.42. The largest absolute Gasteiger partial charge is 0.483 e. The van der Waals surface area contributed by atoms with Gasteiger partial charge in [-0.2, -0.15) is 0 Å². The van der Waals surface area contributed by atoms with Crippen LogP contribution >= 0.6 is 22.9 Å². The molecular formula is C39H39ClN8O9S. The van der Waals surface area contributed by atoms with Crippen molar-refractivity contribution in [1.29, 1.82) is 0 Å². The second-order valence-electron chi connectivity index (χ2n) is 13.8. The lowest BCUT2D eigenvalue weighted by Gasteiger charge is -2.32. The fourth-order valence-corrected chi connectivity index (χ4v) is 8.57. The molecule has 0 bridgehead atoms. The summed E-state index contributed by atoms with van der Waals surface area (Å²) in [4.78, 5) is 83.2. The maximum Gasteiger partial charge on any atom is 0.308 e. The number of carbonyl (C=O) groups is 6. The van der Waals surface area contributed by atoms with E-state index in [0.29, 0.717) is 63.5 Å². The lowest BCUT2D eigenvalue weighted by molar-refractivity contribution is -0.141. The van der Waals surface area contributed by atoms with Crippen molar-refractivity contribution in [1.82, 2.24) is 35.6 Å². The Morgan fingerprint density at radius 3 is 2.50 bits per heavy atom. The van der Waals surface area contributed by atoms with Gasteiger partial charge in [0.05, 0.1) is 35.9 Å². The molecule has 7 rings (SSSR count). The Balaban J connectivity index is 0.968. The zero-order valence-electron chi connectivity index (χ0n) is 31.7. The van der Waals surface area contributed by atoms with Crippen molar-refractivity contribution in [2.24, 2.45) is 4.99 Å². The maximum atomic E-state index is 14.0. The van der Waals surface area contributed by atoms with Crippen molar-refractivity contribution in [2.45, 2.75) is 64.3 Å². The summed E-state index contributed by atoms with van der Waals surface area (Å²) in [6.07, 6.45) is -0.431. The lowest BCUT2D eigenvalue weighted by Crippen LogP contribution is -2.53. The summed E-state index contributed by atoms with van der Waals surface area (Å²) in [6.45, 7) is 3.83. The summed E-state index contributed by atoms with van der Waals surface area (Å²) in [5.41, 5.74) is 2.48. The molecule has 0 radical (unpaired) electrons. The van der Waals surface area contributed by atoms with Gasteiger partial charge in [0.1, 0.15) is 28.7 Å². The molecule has 5 heterocycles.